The van der Waals surface area contributed by atoms with Crippen LogP contribution in [-0.4, -0.2) is 22.9 Å². The van der Waals surface area contributed by atoms with Crippen molar-refractivity contribution in [3.63, 3.8) is 0 Å². The number of carboxylic acid groups (broad SMARTS) is 1. The van der Waals surface area contributed by atoms with E-state index in [0.29, 0.717) is 17.1 Å². The van der Waals surface area contributed by atoms with Gasteiger partial charge in [-0.25, -0.2) is 18.0 Å². The Hall–Kier alpha value is -2.39. The molecule has 1 aliphatic heterocycles. The number of hydrogen-bond donors (Lipinski definition) is 3. The highest BCUT2D eigenvalue weighted by Gasteiger charge is 2.29. The number of amides is 2. The van der Waals surface area contributed by atoms with Gasteiger partial charge in [0, 0.05) is 28.0 Å². The first-order valence-electron chi connectivity index (χ1n) is 7.58. The molecule has 0 radical (unpaired) electrons. The van der Waals surface area contributed by atoms with Crippen molar-refractivity contribution < 1.29 is 27.9 Å². The molecule has 3 N–H and O–H groups in total. The molecule has 0 fully saturated rings. The van der Waals surface area contributed by atoms with E-state index in [1.54, 1.807) is 0 Å². The van der Waals surface area contributed by atoms with E-state index >= 15 is 0 Å². The Bertz CT molecular complexity index is 898. The van der Waals surface area contributed by atoms with Gasteiger partial charge in [-0.15, -0.1) is 24.2 Å². The first-order valence-corrected chi connectivity index (χ1v) is 8.56. The summed E-state index contributed by atoms with van der Waals surface area (Å²) >= 11 is 1.24. The summed E-state index contributed by atoms with van der Waals surface area (Å²) in [6.45, 7) is 0. The van der Waals surface area contributed by atoms with Crippen molar-refractivity contribution in [1.29, 1.82) is 0 Å². The van der Waals surface area contributed by atoms with Gasteiger partial charge in [-0.2, -0.15) is 0 Å². The van der Waals surface area contributed by atoms with E-state index in [0.717, 1.165) is 18.2 Å². The lowest BCUT2D eigenvalue weighted by molar-refractivity contribution is 0.102. The molecule has 2 aromatic carbocycles. The molecule has 2 amide bonds. The lowest BCUT2D eigenvalue weighted by atomic mass is 10.00. The van der Waals surface area contributed by atoms with Crippen LogP contribution in [0.3, 0.4) is 0 Å². The molecule has 3 rings (SSSR count). The average Bonchev–Trinajstić information content (AvgIpc) is 2.58. The van der Waals surface area contributed by atoms with Crippen molar-refractivity contribution in [2.24, 2.45) is 0 Å². The summed E-state index contributed by atoms with van der Waals surface area (Å²) in [4.78, 5) is 23.8. The number of rotatable bonds is 3. The average molecular weight is 419 g/mol. The minimum Gasteiger partial charge on any atom is -0.465 e. The molecule has 10 heteroatoms. The van der Waals surface area contributed by atoms with Crippen LogP contribution in [0.1, 0.15) is 28.4 Å². The lowest BCUT2D eigenvalue weighted by Crippen LogP contribution is -2.30. The molecular formula is C17H14ClF3N2O3S. The highest BCUT2D eigenvalue weighted by Crippen LogP contribution is 2.40. The van der Waals surface area contributed by atoms with Crippen molar-refractivity contribution in [2.45, 2.75) is 17.4 Å². The number of hydrogen-bond acceptors (Lipinski definition) is 3. The topological polar surface area (TPSA) is 78.4 Å². The summed E-state index contributed by atoms with van der Waals surface area (Å²) in [6.07, 6.45) is -0.904. The van der Waals surface area contributed by atoms with E-state index < -0.39 is 35.5 Å². The second-order valence-electron chi connectivity index (χ2n) is 5.56. The van der Waals surface area contributed by atoms with E-state index in [-0.39, 0.29) is 29.2 Å². The fraction of sp³-hybridized carbons (Fsp3) is 0.176. The van der Waals surface area contributed by atoms with Gasteiger partial charge in [0.25, 0.3) is 5.91 Å². The Morgan fingerprint density at radius 1 is 1.07 bits per heavy atom. The normalized spacial score (nSPS) is 15.3. The van der Waals surface area contributed by atoms with E-state index in [9.17, 15) is 22.8 Å². The monoisotopic (exact) mass is 418 g/mol. The molecule has 0 saturated carbocycles. The van der Waals surface area contributed by atoms with Crippen LogP contribution in [0.4, 0.5) is 23.7 Å². The first-order chi connectivity index (χ1) is 12.4. The van der Waals surface area contributed by atoms with Gasteiger partial charge >= 0.3 is 6.09 Å². The minimum atomic E-state index is -1.29. The zero-order valence-corrected chi connectivity index (χ0v) is 15.2. The largest absolute Gasteiger partial charge is 0.465 e. The summed E-state index contributed by atoms with van der Waals surface area (Å²) in [7, 11) is 0. The molecule has 144 valence electrons. The van der Waals surface area contributed by atoms with Gasteiger partial charge in [0.1, 0.15) is 5.82 Å². The summed E-state index contributed by atoms with van der Waals surface area (Å²) in [5, 5.41) is 13.6. The van der Waals surface area contributed by atoms with Crippen LogP contribution >= 0.6 is 24.2 Å². The summed E-state index contributed by atoms with van der Waals surface area (Å²) in [5.74, 6) is -2.90. The lowest BCUT2D eigenvalue weighted by Gasteiger charge is -2.27. The Balaban J connectivity index is 0.00000261. The third-order valence-electron chi connectivity index (χ3n) is 3.86. The molecule has 1 atom stereocenters. The van der Waals surface area contributed by atoms with Crippen LogP contribution in [0.2, 0.25) is 0 Å². The summed E-state index contributed by atoms with van der Waals surface area (Å²) in [6, 6.07) is 4.52. The molecule has 5 nitrogen and oxygen atoms in total. The minimum absolute atomic E-state index is 0. The van der Waals surface area contributed by atoms with Gasteiger partial charge in [-0.05, 0) is 30.7 Å². The van der Waals surface area contributed by atoms with Crippen LogP contribution in [0.15, 0.2) is 35.2 Å². The number of halogens is 4. The predicted octanol–water partition coefficient (Wildman–Crippen LogP) is 4.58. The maximum Gasteiger partial charge on any atom is 0.405 e. The highest BCUT2D eigenvalue weighted by atomic mass is 35.5. The van der Waals surface area contributed by atoms with Crippen molar-refractivity contribution in [1.82, 2.24) is 5.32 Å². The number of fused-ring (bicyclic) bond motifs is 1. The molecule has 27 heavy (non-hydrogen) atoms. The molecule has 0 unspecified atom stereocenters. The molecule has 0 spiro atoms. The van der Waals surface area contributed by atoms with Gasteiger partial charge in [0.15, 0.2) is 11.6 Å². The first kappa shape index (κ1) is 20.9. The smallest absolute Gasteiger partial charge is 0.405 e. The van der Waals surface area contributed by atoms with Crippen LogP contribution in [0.25, 0.3) is 0 Å². The maximum atomic E-state index is 14.3. The van der Waals surface area contributed by atoms with Gasteiger partial charge in [0.2, 0.25) is 0 Å². The van der Waals surface area contributed by atoms with Crippen molar-refractivity contribution >= 4 is 41.9 Å². The number of carbonyl (C=O) groups excluding carboxylic acids is 1. The fourth-order valence-corrected chi connectivity index (χ4v) is 3.99. The Labute approximate surface area is 162 Å². The van der Waals surface area contributed by atoms with Crippen molar-refractivity contribution in [2.75, 3.05) is 11.1 Å². The van der Waals surface area contributed by atoms with E-state index in [4.69, 9.17) is 5.11 Å². The van der Waals surface area contributed by atoms with Crippen LogP contribution in [0, 0.1) is 17.5 Å². The van der Waals surface area contributed by atoms with E-state index in [2.05, 4.69) is 10.6 Å². The summed E-state index contributed by atoms with van der Waals surface area (Å²) in [5.41, 5.74) is 0.294. The number of thioether (sulfide) groups is 1. The number of benzene rings is 2. The zero-order valence-electron chi connectivity index (χ0n) is 13.6. The van der Waals surface area contributed by atoms with Gasteiger partial charge in [-0.3, -0.25) is 4.79 Å². The van der Waals surface area contributed by atoms with Gasteiger partial charge < -0.3 is 15.7 Å². The number of anilines is 1. The van der Waals surface area contributed by atoms with E-state index in [1.165, 1.54) is 23.9 Å². The third kappa shape index (κ3) is 4.48. The fourth-order valence-electron chi connectivity index (χ4n) is 2.72. The molecule has 1 aliphatic rings. The standard InChI is InChI=1S/C17H13F3N2O3S.ClH/c18-10-3-1-8(7-12(10)20)21-16(23)9-2-4-11(19)14-13(22-17(24)25)5-6-26-15(9)14;/h1-4,7,13,22H,5-6H2,(H,21,23)(H,24,25);1H/t13-;/m1./s1. The van der Waals surface area contributed by atoms with E-state index in [1.807, 2.05) is 0 Å². The molecule has 0 aliphatic carbocycles. The molecule has 0 bridgehead atoms. The third-order valence-corrected chi connectivity index (χ3v) is 5.03. The van der Waals surface area contributed by atoms with Crippen molar-refractivity contribution in [3.8, 4) is 0 Å². The van der Waals surface area contributed by atoms with Gasteiger partial charge in [-0.1, -0.05) is 0 Å². The SMILES string of the molecule is Cl.O=C(O)N[C@@H]1CCSc2c(C(=O)Nc3ccc(F)c(F)c3)ccc(F)c21. The van der Waals surface area contributed by atoms with Gasteiger partial charge in [0.05, 0.1) is 11.6 Å². The Morgan fingerprint density at radius 3 is 2.44 bits per heavy atom. The molecule has 0 aromatic heterocycles. The Kier molecular flexibility index (Phi) is 6.61. The highest BCUT2D eigenvalue weighted by molar-refractivity contribution is 7.99. The van der Waals surface area contributed by atoms with Crippen LogP contribution in [0.5, 0.6) is 0 Å². The maximum absolute atomic E-state index is 14.3. The number of carbonyl (C=O) groups is 2. The molecule has 2 aromatic rings. The zero-order chi connectivity index (χ0) is 18.8. The Morgan fingerprint density at radius 2 is 1.78 bits per heavy atom. The summed E-state index contributed by atoms with van der Waals surface area (Å²) < 4.78 is 40.5. The molecular weight excluding hydrogens is 405 g/mol. The van der Waals surface area contributed by atoms with Crippen molar-refractivity contribution in [3.05, 3.63) is 58.9 Å². The second-order valence-corrected chi connectivity index (χ2v) is 6.67. The predicted molar refractivity (Wildman–Crippen MR) is 97.2 cm³/mol. The van der Waals surface area contributed by atoms with Crippen LogP contribution < -0.4 is 10.6 Å². The molecule has 1 heterocycles. The molecule has 0 saturated heterocycles. The number of nitrogens with one attached hydrogen (secondary N) is 2. The quantitative estimate of drug-likeness (QED) is 0.681. The second kappa shape index (κ2) is 8.53. The van der Waals surface area contributed by atoms with Crippen LogP contribution in [-0.2, 0) is 0 Å².